The van der Waals surface area contributed by atoms with E-state index in [1.807, 2.05) is 11.0 Å². The van der Waals surface area contributed by atoms with E-state index in [1.54, 1.807) is 0 Å². The summed E-state index contributed by atoms with van der Waals surface area (Å²) in [6, 6.07) is 3.38. The summed E-state index contributed by atoms with van der Waals surface area (Å²) < 4.78 is 39.6. The van der Waals surface area contributed by atoms with E-state index in [-0.39, 0.29) is 23.3 Å². The second-order valence-electron chi connectivity index (χ2n) is 6.66. The highest BCUT2D eigenvalue weighted by molar-refractivity contribution is 8.18. The summed E-state index contributed by atoms with van der Waals surface area (Å²) in [6.07, 6.45) is 0.423. The largest absolute Gasteiger partial charge is 0.508 e. The smallest absolute Gasteiger partial charge is 0.416 e. The summed E-state index contributed by atoms with van der Waals surface area (Å²) in [5, 5.41) is 11.9. The first-order chi connectivity index (χ1) is 13.3. The highest BCUT2D eigenvalue weighted by atomic mass is 32.2. The average molecular weight is 411 g/mol. The molecular formula is C19H20F3N3O2S. The van der Waals surface area contributed by atoms with Crippen molar-refractivity contribution in [1.82, 2.24) is 10.2 Å². The van der Waals surface area contributed by atoms with Crippen LogP contribution in [0.3, 0.4) is 0 Å². The van der Waals surface area contributed by atoms with E-state index >= 15 is 0 Å². The number of halogens is 3. The zero-order chi connectivity index (χ0) is 20.3. The molecule has 0 saturated carbocycles. The first kappa shape index (κ1) is 20.5. The molecule has 1 aromatic carbocycles. The van der Waals surface area contributed by atoms with Gasteiger partial charge in [-0.2, -0.15) is 13.2 Å². The SMILES string of the molecule is C=CN=C1NC(=O)SC1=CC1CCN(Cc2ccc(O)cc2C(F)(F)F)CC1. The van der Waals surface area contributed by atoms with Crippen molar-refractivity contribution in [1.29, 1.82) is 0 Å². The predicted molar refractivity (Wildman–Crippen MR) is 103 cm³/mol. The van der Waals surface area contributed by atoms with Crippen LogP contribution in [0.5, 0.6) is 5.75 Å². The van der Waals surface area contributed by atoms with Crippen molar-refractivity contribution in [2.24, 2.45) is 10.9 Å². The number of phenols is 1. The van der Waals surface area contributed by atoms with Gasteiger partial charge in [0.2, 0.25) is 0 Å². The van der Waals surface area contributed by atoms with E-state index in [2.05, 4.69) is 16.9 Å². The first-order valence-corrected chi connectivity index (χ1v) is 9.59. The number of likely N-dealkylation sites (tertiary alicyclic amines) is 1. The number of phenolic OH excluding ortho intramolecular Hbond substituents is 1. The number of aliphatic imine (C=N–C) groups is 1. The minimum absolute atomic E-state index is 0.156. The fourth-order valence-electron chi connectivity index (χ4n) is 3.33. The van der Waals surface area contributed by atoms with Gasteiger partial charge in [-0.25, -0.2) is 4.99 Å². The average Bonchev–Trinajstić information content (AvgIpc) is 2.97. The molecule has 0 aromatic heterocycles. The monoisotopic (exact) mass is 411 g/mol. The molecule has 2 aliphatic rings. The maximum atomic E-state index is 13.2. The van der Waals surface area contributed by atoms with Crippen LogP contribution >= 0.6 is 11.8 Å². The number of thioether (sulfide) groups is 1. The molecular weight excluding hydrogens is 391 g/mol. The maximum Gasteiger partial charge on any atom is 0.416 e. The minimum atomic E-state index is -4.50. The number of nitrogens with one attached hydrogen (secondary N) is 1. The van der Waals surface area contributed by atoms with E-state index in [4.69, 9.17) is 0 Å². The van der Waals surface area contributed by atoms with Crippen LogP contribution in [0.15, 0.2) is 47.0 Å². The van der Waals surface area contributed by atoms with Crippen molar-refractivity contribution in [2.75, 3.05) is 13.1 Å². The number of piperidine rings is 1. The molecule has 3 rings (SSSR count). The summed E-state index contributed by atoms with van der Waals surface area (Å²) in [7, 11) is 0. The number of benzene rings is 1. The molecule has 150 valence electrons. The molecule has 0 bridgehead atoms. The Balaban J connectivity index is 1.64. The zero-order valence-electron chi connectivity index (χ0n) is 15.0. The number of aromatic hydroxyl groups is 1. The van der Waals surface area contributed by atoms with Crippen molar-refractivity contribution in [3.8, 4) is 5.75 Å². The second kappa shape index (κ2) is 8.40. The van der Waals surface area contributed by atoms with Crippen LogP contribution in [0, 0.1) is 5.92 Å². The number of nitrogens with zero attached hydrogens (tertiary/aromatic N) is 2. The van der Waals surface area contributed by atoms with Gasteiger partial charge in [0, 0.05) is 12.7 Å². The van der Waals surface area contributed by atoms with Gasteiger partial charge in [-0.15, -0.1) is 0 Å². The molecule has 0 aliphatic carbocycles. The zero-order valence-corrected chi connectivity index (χ0v) is 15.8. The van der Waals surface area contributed by atoms with E-state index < -0.39 is 17.5 Å². The Labute approximate surface area is 165 Å². The Morgan fingerprint density at radius 1 is 1.36 bits per heavy atom. The van der Waals surface area contributed by atoms with Gasteiger partial charge in [0.15, 0.2) is 0 Å². The quantitative estimate of drug-likeness (QED) is 0.766. The molecule has 1 amide bonds. The molecule has 28 heavy (non-hydrogen) atoms. The van der Waals surface area contributed by atoms with Crippen molar-refractivity contribution in [2.45, 2.75) is 25.6 Å². The fraction of sp³-hybridized carbons (Fsp3) is 0.368. The molecule has 2 saturated heterocycles. The van der Waals surface area contributed by atoms with Crippen LogP contribution in [0.4, 0.5) is 18.0 Å². The topological polar surface area (TPSA) is 64.9 Å². The fourth-order valence-corrected chi connectivity index (χ4v) is 4.14. The molecule has 1 aromatic rings. The number of hydrogen-bond donors (Lipinski definition) is 2. The van der Waals surface area contributed by atoms with E-state index in [9.17, 15) is 23.1 Å². The maximum absolute atomic E-state index is 13.2. The lowest BCUT2D eigenvalue weighted by atomic mass is 9.95. The van der Waals surface area contributed by atoms with Crippen LogP contribution in [0.2, 0.25) is 0 Å². The Morgan fingerprint density at radius 3 is 2.71 bits per heavy atom. The van der Waals surface area contributed by atoms with Crippen LogP contribution in [0.1, 0.15) is 24.0 Å². The van der Waals surface area contributed by atoms with Crippen molar-refractivity contribution in [3.63, 3.8) is 0 Å². The lowest BCUT2D eigenvalue weighted by Gasteiger charge is -2.31. The van der Waals surface area contributed by atoms with Gasteiger partial charge in [0.05, 0.1) is 10.5 Å². The molecule has 5 nitrogen and oxygen atoms in total. The standard InChI is InChI=1S/C19H20F3N3O2S/c1-2-23-17-16(28-18(27)24-17)9-12-5-7-25(8-6-12)11-13-3-4-14(26)10-15(13)19(20,21)22/h2-4,9-10,12,26H,1,5-8,11H2,(H,23,24,27). The highest BCUT2D eigenvalue weighted by Crippen LogP contribution is 2.35. The van der Waals surface area contributed by atoms with Gasteiger partial charge in [0.25, 0.3) is 5.24 Å². The number of amidine groups is 1. The summed E-state index contributed by atoms with van der Waals surface area (Å²) in [5.41, 5.74) is -0.641. The molecule has 2 fully saturated rings. The minimum Gasteiger partial charge on any atom is -0.508 e. The molecule has 9 heteroatoms. The third-order valence-electron chi connectivity index (χ3n) is 4.69. The third-order valence-corrected chi connectivity index (χ3v) is 5.53. The number of rotatable bonds is 4. The molecule has 0 unspecified atom stereocenters. The Hall–Kier alpha value is -2.26. The lowest BCUT2D eigenvalue weighted by molar-refractivity contribution is -0.138. The number of carbonyl (C=O) groups is 1. The van der Waals surface area contributed by atoms with Crippen LogP contribution in [0.25, 0.3) is 0 Å². The van der Waals surface area contributed by atoms with Gasteiger partial charge < -0.3 is 10.4 Å². The van der Waals surface area contributed by atoms with E-state index in [1.165, 1.54) is 18.3 Å². The van der Waals surface area contributed by atoms with Crippen molar-refractivity contribution in [3.05, 3.63) is 53.1 Å². The first-order valence-electron chi connectivity index (χ1n) is 8.77. The molecule has 0 atom stereocenters. The molecule has 2 heterocycles. The summed E-state index contributed by atoms with van der Waals surface area (Å²) in [4.78, 5) is 18.3. The Bertz CT molecular complexity index is 828. The number of alkyl halides is 3. The summed E-state index contributed by atoms with van der Waals surface area (Å²) in [5.74, 6) is 0.324. The molecule has 0 radical (unpaired) electrons. The molecule has 2 N–H and O–H groups in total. The van der Waals surface area contributed by atoms with Gasteiger partial charge in [0.1, 0.15) is 11.6 Å². The molecule has 0 spiro atoms. The van der Waals surface area contributed by atoms with Gasteiger partial charge in [-0.05, 0) is 61.3 Å². The van der Waals surface area contributed by atoms with Gasteiger partial charge in [-0.1, -0.05) is 18.7 Å². The Morgan fingerprint density at radius 2 is 2.07 bits per heavy atom. The number of hydrogen-bond acceptors (Lipinski definition) is 5. The normalized spacial score (nSPS) is 22.0. The van der Waals surface area contributed by atoms with E-state index in [0.717, 1.165) is 35.6 Å². The van der Waals surface area contributed by atoms with Gasteiger partial charge in [-0.3, -0.25) is 9.69 Å². The van der Waals surface area contributed by atoms with Crippen LogP contribution in [-0.4, -0.2) is 34.2 Å². The number of amides is 1. The van der Waals surface area contributed by atoms with Crippen molar-refractivity contribution >= 4 is 22.8 Å². The van der Waals surface area contributed by atoms with Crippen molar-refractivity contribution < 1.29 is 23.1 Å². The Kier molecular flexibility index (Phi) is 6.14. The molecule has 2 aliphatic heterocycles. The second-order valence-corrected chi connectivity index (χ2v) is 7.67. The van der Waals surface area contributed by atoms with Crippen LogP contribution < -0.4 is 5.32 Å². The van der Waals surface area contributed by atoms with E-state index in [0.29, 0.717) is 18.9 Å². The third kappa shape index (κ3) is 4.96. The highest BCUT2D eigenvalue weighted by Gasteiger charge is 2.34. The predicted octanol–water partition coefficient (Wildman–Crippen LogP) is 4.51. The summed E-state index contributed by atoms with van der Waals surface area (Å²) >= 11 is 1.09. The van der Waals surface area contributed by atoms with Gasteiger partial charge >= 0.3 is 6.18 Å². The number of allylic oxidation sites excluding steroid dienone is 1. The van der Waals surface area contributed by atoms with Crippen LogP contribution in [-0.2, 0) is 12.7 Å². The summed E-state index contributed by atoms with van der Waals surface area (Å²) in [6.45, 7) is 5.00. The number of carbonyl (C=O) groups excluding carboxylic acids is 1. The lowest BCUT2D eigenvalue weighted by Crippen LogP contribution is -2.33.